The molecule has 10 heteroatoms. The van der Waals surface area contributed by atoms with Crippen molar-refractivity contribution in [3.63, 3.8) is 0 Å². The van der Waals surface area contributed by atoms with E-state index >= 15 is 0 Å². The van der Waals surface area contributed by atoms with E-state index in [1.165, 1.54) is 12.8 Å². The zero-order chi connectivity index (χ0) is 30.0. The van der Waals surface area contributed by atoms with Crippen molar-refractivity contribution < 1.29 is 29.5 Å². The van der Waals surface area contributed by atoms with Crippen LogP contribution < -0.4 is 4.99 Å². The molecule has 0 bridgehead atoms. The van der Waals surface area contributed by atoms with Gasteiger partial charge in [-0.3, -0.25) is 20.2 Å². The fraction of sp³-hybridized carbons (Fsp3) is 0.438. The third kappa shape index (κ3) is 6.49. The van der Waals surface area contributed by atoms with Gasteiger partial charge < -0.3 is 9.84 Å². The maximum absolute atomic E-state index is 13.6. The van der Waals surface area contributed by atoms with E-state index in [1.807, 2.05) is 18.2 Å². The summed E-state index contributed by atoms with van der Waals surface area (Å²) in [6.45, 7) is 4.25. The molecule has 42 heavy (non-hydrogen) atoms. The lowest BCUT2D eigenvalue weighted by molar-refractivity contribution is -0.394. The molecule has 2 aliphatic rings. The van der Waals surface area contributed by atoms with E-state index in [0.717, 1.165) is 85.0 Å². The molecule has 2 aliphatic carbocycles. The average molecular weight is 575 g/mol. The molecule has 3 aromatic rings. The standard InChI is InChI=1S/C32H35N3O7/c1-32(2,42-27-7-3-4-8-27)15-5-6-22-12-11-21-10-9-20-13-14-26(36)19-28(20)29(21)30(22)33-31(37)23-16-24(34(38)39)18-25(17-23)35(40)41/h9-10,13-14,16-19,22,27,36H,3-8,11-12,15H2,1-2H3/p+1/t22-/m0/s1. The van der Waals surface area contributed by atoms with Crippen LogP contribution >= 0.6 is 0 Å². The Kier molecular flexibility index (Phi) is 8.36. The highest BCUT2D eigenvalue weighted by Crippen LogP contribution is 2.35. The summed E-state index contributed by atoms with van der Waals surface area (Å²) in [6.07, 6.45) is 8.97. The van der Waals surface area contributed by atoms with Gasteiger partial charge in [0.05, 0.1) is 33.2 Å². The zero-order valence-electron chi connectivity index (χ0n) is 23.9. The molecule has 1 amide bonds. The Labute approximate surface area is 243 Å². The molecule has 220 valence electrons. The monoisotopic (exact) mass is 574 g/mol. The smallest absolute Gasteiger partial charge is 0.418 e. The SMILES string of the molecule is CC(C)(CCC[C@H]1CCc2ccc3ccc(O)cc3c2C1=[NH+]C(=O)c1cc([N+](=O)[O-])cc([N+](=O)[O-])c1)OC1CCCC1. The van der Waals surface area contributed by atoms with Crippen LogP contribution in [0.4, 0.5) is 11.4 Å². The minimum absolute atomic E-state index is 0.0367. The number of rotatable bonds is 9. The van der Waals surface area contributed by atoms with Crippen molar-refractivity contribution in [1.29, 1.82) is 0 Å². The lowest BCUT2D eigenvalue weighted by Crippen LogP contribution is -2.79. The number of benzene rings is 3. The number of nitrogens with zero attached hydrogens (tertiary/aromatic N) is 2. The molecule has 5 rings (SSSR count). The molecule has 1 saturated carbocycles. The van der Waals surface area contributed by atoms with E-state index in [2.05, 4.69) is 18.8 Å². The van der Waals surface area contributed by atoms with Gasteiger partial charge in [-0.1, -0.05) is 31.0 Å². The third-order valence-corrected chi connectivity index (χ3v) is 8.49. The van der Waals surface area contributed by atoms with Crippen LogP contribution in [0, 0.1) is 26.1 Å². The molecule has 0 spiro atoms. The normalized spacial score (nSPS) is 18.3. The number of aromatic hydroxyl groups is 1. The van der Waals surface area contributed by atoms with E-state index in [-0.39, 0.29) is 22.8 Å². The topological polar surface area (TPSA) is 147 Å². The number of hydrogen-bond donors (Lipinski definition) is 2. The van der Waals surface area contributed by atoms with E-state index in [0.29, 0.717) is 11.8 Å². The second-order valence-corrected chi connectivity index (χ2v) is 12.0. The first kappa shape index (κ1) is 29.3. The lowest BCUT2D eigenvalue weighted by atomic mass is 9.77. The number of carbonyl (C=O) groups excluding carboxylic acids is 1. The Morgan fingerprint density at radius 1 is 1.00 bits per heavy atom. The minimum atomic E-state index is -0.749. The Hall–Kier alpha value is -4.18. The number of ether oxygens (including phenoxy) is 1. The Morgan fingerprint density at radius 3 is 2.33 bits per heavy atom. The fourth-order valence-electron chi connectivity index (χ4n) is 6.43. The maximum atomic E-state index is 13.6. The van der Waals surface area contributed by atoms with Crippen LogP contribution in [0.2, 0.25) is 0 Å². The Balaban J connectivity index is 1.51. The van der Waals surface area contributed by atoms with Gasteiger partial charge >= 0.3 is 5.91 Å². The summed E-state index contributed by atoms with van der Waals surface area (Å²) in [5.41, 5.74) is 1.03. The third-order valence-electron chi connectivity index (χ3n) is 8.49. The first-order valence-electron chi connectivity index (χ1n) is 14.6. The number of nitro groups is 2. The lowest BCUT2D eigenvalue weighted by Gasteiger charge is -2.30. The minimum Gasteiger partial charge on any atom is -0.508 e. The van der Waals surface area contributed by atoms with Crippen LogP contribution in [0.15, 0.2) is 48.5 Å². The molecule has 0 radical (unpaired) electrons. The van der Waals surface area contributed by atoms with Gasteiger partial charge in [-0.15, -0.1) is 0 Å². The number of phenolic OH excluding ortho intramolecular Hbond substituents is 1. The summed E-state index contributed by atoms with van der Waals surface area (Å²) in [4.78, 5) is 38.0. The highest BCUT2D eigenvalue weighted by atomic mass is 16.6. The molecule has 1 atom stereocenters. The van der Waals surface area contributed by atoms with Crippen LogP contribution in [0.1, 0.15) is 86.7 Å². The quantitative estimate of drug-likeness (QED) is 0.252. The van der Waals surface area contributed by atoms with Gasteiger partial charge in [-0.05, 0) is 87.3 Å². The number of fused-ring (bicyclic) bond motifs is 3. The molecule has 0 heterocycles. The van der Waals surface area contributed by atoms with Crippen molar-refractivity contribution in [2.75, 3.05) is 0 Å². The molecule has 10 nitrogen and oxygen atoms in total. The molecule has 2 N–H and O–H groups in total. The number of non-ortho nitro benzene ring substituents is 2. The van der Waals surface area contributed by atoms with Crippen LogP contribution in [-0.4, -0.2) is 38.3 Å². The molecule has 1 fully saturated rings. The van der Waals surface area contributed by atoms with Gasteiger partial charge in [0.25, 0.3) is 11.4 Å². The fourth-order valence-corrected chi connectivity index (χ4v) is 6.43. The molecular formula is C32H36N3O7+. The first-order chi connectivity index (χ1) is 20.0. The van der Waals surface area contributed by atoms with E-state index in [4.69, 9.17) is 4.74 Å². The number of phenols is 1. The zero-order valence-corrected chi connectivity index (χ0v) is 23.9. The Morgan fingerprint density at radius 2 is 1.67 bits per heavy atom. The van der Waals surface area contributed by atoms with Gasteiger partial charge in [0.15, 0.2) is 5.71 Å². The number of amides is 1. The second kappa shape index (κ2) is 12.0. The molecule has 0 aliphatic heterocycles. The average Bonchev–Trinajstić information content (AvgIpc) is 3.45. The number of hydrogen-bond acceptors (Lipinski definition) is 7. The summed E-state index contributed by atoms with van der Waals surface area (Å²) >= 11 is 0. The predicted octanol–water partition coefficient (Wildman–Crippen LogP) is 5.54. The predicted molar refractivity (Wildman–Crippen MR) is 158 cm³/mol. The summed E-state index contributed by atoms with van der Waals surface area (Å²) in [6, 6.07) is 12.1. The van der Waals surface area contributed by atoms with E-state index < -0.39 is 27.1 Å². The van der Waals surface area contributed by atoms with Gasteiger partial charge in [0, 0.05) is 18.1 Å². The molecular weight excluding hydrogens is 538 g/mol. The number of nitro benzene ring substituents is 2. The van der Waals surface area contributed by atoms with Crippen molar-refractivity contribution >= 4 is 33.8 Å². The van der Waals surface area contributed by atoms with Gasteiger partial charge in [-0.25, -0.2) is 4.79 Å². The highest BCUT2D eigenvalue weighted by molar-refractivity contribution is 6.13. The van der Waals surface area contributed by atoms with Gasteiger partial charge in [-0.2, -0.15) is 4.99 Å². The second-order valence-electron chi connectivity index (χ2n) is 12.0. The van der Waals surface area contributed by atoms with E-state index in [1.54, 1.807) is 12.1 Å². The Bertz CT molecular complexity index is 1540. The van der Waals surface area contributed by atoms with Crippen LogP contribution in [0.3, 0.4) is 0 Å². The summed E-state index contributed by atoms with van der Waals surface area (Å²) in [7, 11) is 0. The van der Waals surface area contributed by atoms with Crippen LogP contribution in [0.25, 0.3) is 10.8 Å². The molecule has 0 unspecified atom stereocenters. The van der Waals surface area contributed by atoms with Crippen molar-refractivity contribution in [3.05, 3.63) is 85.4 Å². The van der Waals surface area contributed by atoms with Crippen molar-refractivity contribution in [1.82, 2.24) is 0 Å². The largest absolute Gasteiger partial charge is 0.508 e. The van der Waals surface area contributed by atoms with Crippen molar-refractivity contribution in [2.45, 2.75) is 83.3 Å². The van der Waals surface area contributed by atoms with E-state index in [9.17, 15) is 30.1 Å². The maximum Gasteiger partial charge on any atom is 0.418 e. The molecule has 0 saturated heterocycles. The van der Waals surface area contributed by atoms with Crippen molar-refractivity contribution in [3.8, 4) is 5.75 Å². The van der Waals surface area contributed by atoms with Crippen molar-refractivity contribution in [2.24, 2.45) is 5.92 Å². The number of aryl methyl sites for hydroxylation is 1. The molecule has 0 aromatic heterocycles. The molecule has 3 aromatic carbocycles. The van der Waals surface area contributed by atoms with Crippen LogP contribution in [0.5, 0.6) is 5.75 Å². The number of carbonyl (C=O) groups is 1. The van der Waals surface area contributed by atoms with Gasteiger partial charge in [0.1, 0.15) is 11.3 Å². The number of nitrogens with one attached hydrogen (secondary N) is 1. The first-order valence-corrected chi connectivity index (χ1v) is 14.6. The highest BCUT2D eigenvalue weighted by Gasteiger charge is 2.35. The van der Waals surface area contributed by atoms with Crippen LogP contribution in [-0.2, 0) is 11.2 Å². The summed E-state index contributed by atoms with van der Waals surface area (Å²) in [5, 5.41) is 34.9. The summed E-state index contributed by atoms with van der Waals surface area (Å²) in [5.74, 6) is -0.592. The summed E-state index contributed by atoms with van der Waals surface area (Å²) < 4.78 is 6.41. The van der Waals surface area contributed by atoms with Gasteiger partial charge in [0.2, 0.25) is 0 Å².